The van der Waals surface area contributed by atoms with E-state index in [0.29, 0.717) is 0 Å². The standard InChI is InChI=1S/C38H24BrNS/c39-31-15-12-28-20-27(10-11-29(28)21-31)30-14-18-35-36-19-17-34(24-38(36)41-37(35)23-30)40(32-8-2-1-3-9-32)33-16-13-25-6-4-5-7-26(25)22-33/h1-24H. The monoisotopic (exact) mass is 605 g/mol. The molecule has 3 heteroatoms. The Labute approximate surface area is 251 Å². The second kappa shape index (κ2) is 9.88. The zero-order chi connectivity index (χ0) is 27.3. The topological polar surface area (TPSA) is 3.24 Å². The minimum Gasteiger partial charge on any atom is -0.310 e. The Balaban J connectivity index is 1.24. The zero-order valence-corrected chi connectivity index (χ0v) is 24.5. The summed E-state index contributed by atoms with van der Waals surface area (Å²) in [5.41, 5.74) is 5.95. The summed E-state index contributed by atoms with van der Waals surface area (Å²) in [6, 6.07) is 52.9. The Morgan fingerprint density at radius 3 is 1.88 bits per heavy atom. The van der Waals surface area contributed by atoms with Gasteiger partial charge in [-0.15, -0.1) is 11.3 Å². The molecule has 0 N–H and O–H groups in total. The normalized spacial score (nSPS) is 11.5. The minimum absolute atomic E-state index is 1.11. The molecule has 0 bridgehead atoms. The van der Waals surface area contributed by atoms with Crippen molar-refractivity contribution in [2.75, 3.05) is 4.90 Å². The van der Waals surface area contributed by atoms with E-state index in [1.54, 1.807) is 0 Å². The van der Waals surface area contributed by atoms with E-state index in [2.05, 4.69) is 166 Å². The van der Waals surface area contributed by atoms with E-state index in [4.69, 9.17) is 0 Å². The zero-order valence-electron chi connectivity index (χ0n) is 22.1. The molecule has 7 aromatic carbocycles. The van der Waals surface area contributed by atoms with E-state index >= 15 is 0 Å². The lowest BCUT2D eigenvalue weighted by molar-refractivity contribution is 1.30. The van der Waals surface area contributed by atoms with Gasteiger partial charge in [0.15, 0.2) is 0 Å². The number of rotatable bonds is 4. The fraction of sp³-hybridized carbons (Fsp3) is 0. The first kappa shape index (κ1) is 24.4. The average Bonchev–Trinajstić information content (AvgIpc) is 3.38. The first-order valence-corrected chi connectivity index (χ1v) is 15.3. The lowest BCUT2D eigenvalue weighted by atomic mass is 10.00. The van der Waals surface area contributed by atoms with E-state index in [1.807, 2.05) is 11.3 Å². The Bertz CT molecular complexity index is 2230. The predicted octanol–water partition coefficient (Wildman–Crippen LogP) is 12.3. The van der Waals surface area contributed by atoms with Crippen LogP contribution < -0.4 is 4.90 Å². The summed E-state index contributed by atoms with van der Waals surface area (Å²) in [4.78, 5) is 2.36. The quantitative estimate of drug-likeness (QED) is 0.193. The third-order valence-corrected chi connectivity index (χ3v) is 9.46. The van der Waals surface area contributed by atoms with E-state index in [0.717, 1.165) is 21.5 Å². The fourth-order valence-corrected chi connectivity index (χ4v) is 7.38. The first-order valence-electron chi connectivity index (χ1n) is 13.7. The van der Waals surface area contributed by atoms with Gasteiger partial charge in [-0.3, -0.25) is 0 Å². The molecule has 0 aliphatic rings. The molecule has 0 aliphatic carbocycles. The van der Waals surface area contributed by atoms with Gasteiger partial charge in [-0.25, -0.2) is 0 Å². The Kier molecular flexibility index (Phi) is 5.87. The highest BCUT2D eigenvalue weighted by atomic mass is 79.9. The maximum atomic E-state index is 3.59. The van der Waals surface area contributed by atoms with Crippen molar-refractivity contribution in [3.8, 4) is 11.1 Å². The second-order valence-corrected chi connectivity index (χ2v) is 12.4. The summed E-state index contributed by atoms with van der Waals surface area (Å²) in [5.74, 6) is 0. The van der Waals surface area contributed by atoms with Crippen LogP contribution in [0.25, 0.3) is 52.8 Å². The molecule has 0 aliphatic heterocycles. The average molecular weight is 607 g/mol. The lowest BCUT2D eigenvalue weighted by Crippen LogP contribution is -2.09. The van der Waals surface area contributed by atoms with Crippen molar-refractivity contribution in [1.82, 2.24) is 0 Å². The van der Waals surface area contributed by atoms with Crippen LogP contribution in [0.2, 0.25) is 0 Å². The maximum Gasteiger partial charge on any atom is 0.0476 e. The van der Waals surface area contributed by atoms with Crippen molar-refractivity contribution >= 4 is 86.0 Å². The van der Waals surface area contributed by atoms with Crippen LogP contribution in [-0.4, -0.2) is 0 Å². The van der Waals surface area contributed by atoms with Crippen molar-refractivity contribution in [3.63, 3.8) is 0 Å². The summed E-state index contributed by atoms with van der Waals surface area (Å²) >= 11 is 5.46. The largest absolute Gasteiger partial charge is 0.310 e. The molecule has 41 heavy (non-hydrogen) atoms. The SMILES string of the molecule is Brc1ccc2cc(-c3ccc4c(c3)sc3cc(N(c5ccccc5)c5ccc6ccccc6c5)ccc34)ccc2c1. The number of benzene rings is 7. The number of para-hydroxylation sites is 1. The molecule has 1 aromatic heterocycles. The van der Waals surface area contributed by atoms with Gasteiger partial charge in [0.05, 0.1) is 0 Å². The number of hydrogen-bond acceptors (Lipinski definition) is 2. The highest BCUT2D eigenvalue weighted by Crippen LogP contribution is 2.42. The molecule has 0 atom stereocenters. The number of nitrogens with zero attached hydrogens (tertiary/aromatic N) is 1. The number of fused-ring (bicyclic) bond motifs is 5. The molecule has 194 valence electrons. The molecule has 0 unspecified atom stereocenters. The highest BCUT2D eigenvalue weighted by molar-refractivity contribution is 9.10. The van der Waals surface area contributed by atoms with Crippen molar-refractivity contribution < 1.29 is 0 Å². The molecule has 0 radical (unpaired) electrons. The van der Waals surface area contributed by atoms with E-state index in [9.17, 15) is 0 Å². The van der Waals surface area contributed by atoms with Gasteiger partial charge in [0, 0.05) is 41.7 Å². The van der Waals surface area contributed by atoms with Gasteiger partial charge in [0.1, 0.15) is 0 Å². The third-order valence-electron chi connectivity index (χ3n) is 7.86. The van der Waals surface area contributed by atoms with Crippen LogP contribution in [0.1, 0.15) is 0 Å². The molecular formula is C38H24BrNS. The number of thiophene rings is 1. The van der Waals surface area contributed by atoms with Gasteiger partial charge >= 0.3 is 0 Å². The summed E-state index contributed by atoms with van der Waals surface area (Å²) in [6.07, 6.45) is 0. The molecule has 8 aromatic rings. The van der Waals surface area contributed by atoms with Crippen molar-refractivity contribution in [1.29, 1.82) is 0 Å². The molecule has 0 saturated heterocycles. The molecule has 0 amide bonds. The van der Waals surface area contributed by atoms with Crippen LogP contribution in [0.5, 0.6) is 0 Å². The van der Waals surface area contributed by atoms with Gasteiger partial charge in [0.2, 0.25) is 0 Å². The summed E-state index contributed by atoms with van der Waals surface area (Å²) < 4.78 is 3.71. The summed E-state index contributed by atoms with van der Waals surface area (Å²) in [7, 11) is 0. The highest BCUT2D eigenvalue weighted by Gasteiger charge is 2.15. The minimum atomic E-state index is 1.11. The molecule has 1 heterocycles. The molecule has 0 fully saturated rings. The van der Waals surface area contributed by atoms with E-state index < -0.39 is 0 Å². The fourth-order valence-electron chi connectivity index (χ4n) is 5.82. The van der Waals surface area contributed by atoms with Crippen LogP contribution in [0, 0.1) is 0 Å². The van der Waals surface area contributed by atoms with E-state index in [-0.39, 0.29) is 0 Å². The van der Waals surface area contributed by atoms with Crippen LogP contribution in [0.4, 0.5) is 17.1 Å². The third kappa shape index (κ3) is 4.39. The van der Waals surface area contributed by atoms with Crippen LogP contribution in [-0.2, 0) is 0 Å². The molecule has 0 saturated carbocycles. The van der Waals surface area contributed by atoms with Crippen molar-refractivity contribution in [2.45, 2.75) is 0 Å². The van der Waals surface area contributed by atoms with Crippen LogP contribution in [0.3, 0.4) is 0 Å². The van der Waals surface area contributed by atoms with Gasteiger partial charge in [-0.2, -0.15) is 0 Å². The molecule has 1 nitrogen and oxygen atoms in total. The van der Waals surface area contributed by atoms with Gasteiger partial charge in [-0.05, 0) is 93.3 Å². The molecule has 8 rings (SSSR count). The smallest absolute Gasteiger partial charge is 0.0476 e. The van der Waals surface area contributed by atoms with Crippen LogP contribution >= 0.6 is 27.3 Å². The van der Waals surface area contributed by atoms with Gasteiger partial charge < -0.3 is 4.90 Å². The number of hydrogen-bond donors (Lipinski definition) is 0. The van der Waals surface area contributed by atoms with Gasteiger partial charge in [0.25, 0.3) is 0 Å². The molecule has 0 spiro atoms. The summed E-state index contributed by atoms with van der Waals surface area (Å²) in [6.45, 7) is 0. The molecular weight excluding hydrogens is 582 g/mol. The Morgan fingerprint density at radius 2 is 1.00 bits per heavy atom. The van der Waals surface area contributed by atoms with Crippen molar-refractivity contribution in [3.05, 3.63) is 150 Å². The Hall–Kier alpha value is -4.44. The predicted molar refractivity (Wildman–Crippen MR) is 182 cm³/mol. The summed E-state index contributed by atoms with van der Waals surface area (Å²) in [5, 5.41) is 7.59. The first-order chi connectivity index (χ1) is 20.2. The van der Waals surface area contributed by atoms with Crippen molar-refractivity contribution in [2.24, 2.45) is 0 Å². The maximum absolute atomic E-state index is 3.59. The second-order valence-electron chi connectivity index (χ2n) is 10.4. The lowest BCUT2D eigenvalue weighted by Gasteiger charge is -2.26. The number of halogens is 1. The van der Waals surface area contributed by atoms with E-state index in [1.165, 1.54) is 52.8 Å². The Morgan fingerprint density at radius 1 is 0.415 bits per heavy atom. The van der Waals surface area contributed by atoms with Gasteiger partial charge in [-0.1, -0.05) is 101 Å². The van der Waals surface area contributed by atoms with Crippen LogP contribution in [0.15, 0.2) is 150 Å². The number of anilines is 3.